The summed E-state index contributed by atoms with van der Waals surface area (Å²) in [6, 6.07) is -0.413. The lowest BCUT2D eigenvalue weighted by Gasteiger charge is -2.35. The molecule has 4 nitrogen and oxygen atoms in total. The average Bonchev–Trinajstić information content (AvgIpc) is 2.22. The van der Waals surface area contributed by atoms with Crippen LogP contribution in [0, 0.1) is 0 Å². The van der Waals surface area contributed by atoms with Crippen molar-refractivity contribution in [1.29, 1.82) is 0 Å². The van der Waals surface area contributed by atoms with Crippen LogP contribution in [0.4, 0.5) is 0 Å². The highest BCUT2D eigenvalue weighted by Crippen LogP contribution is 2.37. The lowest BCUT2D eigenvalue weighted by atomic mass is 10.1. The third-order valence-electron chi connectivity index (χ3n) is 2.38. The van der Waals surface area contributed by atoms with Crippen molar-refractivity contribution in [2.24, 2.45) is 0 Å². The number of hydrogen-bond donors (Lipinski definition) is 0. The summed E-state index contributed by atoms with van der Waals surface area (Å²) in [7, 11) is 3.45. The van der Waals surface area contributed by atoms with Crippen molar-refractivity contribution in [3.05, 3.63) is 0 Å². The Hall–Kier alpha value is -0.360. The van der Waals surface area contributed by atoms with E-state index in [0.29, 0.717) is 6.42 Å². The molecule has 0 aromatic carbocycles. The second-order valence-electron chi connectivity index (χ2n) is 4.32. The smallest absolute Gasteiger partial charge is 0.335 e. The van der Waals surface area contributed by atoms with Gasteiger partial charge in [-0.3, -0.25) is 4.79 Å². The summed E-state index contributed by atoms with van der Waals surface area (Å²) in [4.78, 5) is 27.2. The van der Waals surface area contributed by atoms with Crippen LogP contribution in [0.3, 0.4) is 0 Å². The molecule has 0 aromatic heterocycles. The topological polar surface area (TPSA) is 46.6 Å². The molecule has 0 aromatic rings. The minimum atomic E-state index is -0.413. The van der Waals surface area contributed by atoms with Crippen LogP contribution in [-0.4, -0.2) is 34.0 Å². The highest BCUT2D eigenvalue weighted by molar-refractivity contribution is 8.76. The zero-order valence-corrected chi connectivity index (χ0v) is 11.6. The van der Waals surface area contributed by atoms with Gasteiger partial charge in [-0.15, -0.1) is 0 Å². The summed E-state index contributed by atoms with van der Waals surface area (Å²) in [5.41, 5.74) is 0. The fourth-order valence-electron chi connectivity index (χ4n) is 1.35. The van der Waals surface area contributed by atoms with Crippen LogP contribution in [0.2, 0.25) is 0 Å². The molecule has 0 unspecified atom stereocenters. The molecule has 1 atom stereocenters. The molecule has 0 N–H and O–H groups in total. The van der Waals surface area contributed by atoms with E-state index in [9.17, 15) is 9.59 Å². The largest absolute Gasteiger partial charge is 0.358 e. The van der Waals surface area contributed by atoms with E-state index >= 15 is 0 Å². The number of nitrogens with zero attached hydrogens (tertiary/aromatic N) is 1. The molecule has 1 amide bonds. The summed E-state index contributed by atoms with van der Waals surface area (Å²) >= 11 is 0. The Morgan fingerprint density at radius 1 is 1.56 bits per heavy atom. The summed E-state index contributed by atoms with van der Waals surface area (Å²) in [6.45, 7) is 5.88. The quantitative estimate of drug-likeness (QED) is 0.712. The number of hydrogen-bond acceptors (Lipinski definition) is 5. The van der Waals surface area contributed by atoms with Gasteiger partial charge in [-0.05, 0) is 33.4 Å². The molecule has 0 spiro atoms. The third-order valence-corrected chi connectivity index (χ3v) is 5.05. The van der Waals surface area contributed by atoms with E-state index in [2.05, 4.69) is 18.7 Å². The predicted octanol–water partition coefficient (Wildman–Crippen LogP) is 2.25. The Kier molecular flexibility index (Phi) is 4.55. The maximum absolute atomic E-state index is 11.7. The SMILES string of the molecule is CSSC(C)(C)CCC(=O)N1OC(=O)[C@@H]1C. The van der Waals surface area contributed by atoms with Crippen LogP contribution in [0.15, 0.2) is 0 Å². The zero-order valence-electron chi connectivity index (χ0n) is 9.98. The Morgan fingerprint density at radius 2 is 2.19 bits per heavy atom. The summed E-state index contributed by atoms with van der Waals surface area (Å²) in [5, 5.41) is 1.17. The highest BCUT2D eigenvalue weighted by atomic mass is 33.1. The van der Waals surface area contributed by atoms with Crippen molar-refractivity contribution in [3.63, 3.8) is 0 Å². The molecule has 16 heavy (non-hydrogen) atoms. The molecule has 1 aliphatic heterocycles. The number of carbonyl (C=O) groups excluding carboxylic acids is 2. The summed E-state index contributed by atoms with van der Waals surface area (Å²) in [6.07, 6.45) is 3.21. The first-order valence-electron chi connectivity index (χ1n) is 5.13. The Labute approximate surface area is 104 Å². The van der Waals surface area contributed by atoms with E-state index in [4.69, 9.17) is 0 Å². The average molecular weight is 263 g/mol. The normalized spacial score (nSPS) is 20.4. The Balaban J connectivity index is 2.33. The van der Waals surface area contributed by atoms with Gasteiger partial charge in [0, 0.05) is 11.2 Å². The molecular formula is C10H17NO3S2. The van der Waals surface area contributed by atoms with Crippen molar-refractivity contribution in [2.75, 3.05) is 6.26 Å². The van der Waals surface area contributed by atoms with Crippen molar-refractivity contribution >= 4 is 33.5 Å². The van der Waals surface area contributed by atoms with Gasteiger partial charge in [0.05, 0.1) is 0 Å². The van der Waals surface area contributed by atoms with Gasteiger partial charge in [-0.25, -0.2) is 4.79 Å². The molecular weight excluding hydrogens is 246 g/mol. The van der Waals surface area contributed by atoms with Gasteiger partial charge in [0.15, 0.2) is 6.04 Å². The zero-order chi connectivity index (χ0) is 12.3. The van der Waals surface area contributed by atoms with Crippen molar-refractivity contribution in [1.82, 2.24) is 5.06 Å². The molecule has 0 radical (unpaired) electrons. The predicted molar refractivity (Wildman–Crippen MR) is 66.8 cm³/mol. The van der Waals surface area contributed by atoms with Crippen molar-refractivity contribution in [3.8, 4) is 0 Å². The summed E-state index contributed by atoms with van der Waals surface area (Å²) in [5.74, 6) is -0.437. The fourth-order valence-corrected chi connectivity index (χ4v) is 3.59. The molecule has 1 heterocycles. The van der Waals surface area contributed by atoms with Crippen LogP contribution in [-0.2, 0) is 14.4 Å². The first-order chi connectivity index (χ1) is 7.37. The molecule has 92 valence electrons. The molecule has 0 bridgehead atoms. The van der Waals surface area contributed by atoms with Crippen LogP contribution < -0.4 is 0 Å². The van der Waals surface area contributed by atoms with Gasteiger partial charge in [0.1, 0.15) is 0 Å². The minimum absolute atomic E-state index is 0.0627. The maximum Gasteiger partial charge on any atom is 0.358 e. The molecule has 1 fully saturated rings. The van der Waals surface area contributed by atoms with E-state index < -0.39 is 6.04 Å². The number of amides is 1. The van der Waals surface area contributed by atoms with Crippen LogP contribution in [0.5, 0.6) is 0 Å². The number of carbonyl (C=O) groups is 2. The molecule has 1 rings (SSSR count). The lowest BCUT2D eigenvalue weighted by molar-refractivity contribution is -0.249. The highest BCUT2D eigenvalue weighted by Gasteiger charge is 2.40. The van der Waals surface area contributed by atoms with E-state index in [1.807, 2.05) is 6.26 Å². The van der Waals surface area contributed by atoms with Gasteiger partial charge in [0.2, 0.25) is 0 Å². The van der Waals surface area contributed by atoms with Gasteiger partial charge in [0.25, 0.3) is 5.91 Å². The Bertz CT molecular complexity index is 294. The molecule has 6 heteroatoms. The van der Waals surface area contributed by atoms with Gasteiger partial charge < -0.3 is 4.84 Å². The van der Waals surface area contributed by atoms with Crippen LogP contribution in [0.1, 0.15) is 33.6 Å². The molecule has 1 aliphatic rings. The number of rotatable bonds is 5. The van der Waals surface area contributed by atoms with Crippen LogP contribution >= 0.6 is 21.6 Å². The van der Waals surface area contributed by atoms with E-state index in [0.717, 1.165) is 6.42 Å². The fraction of sp³-hybridized carbons (Fsp3) is 0.800. The lowest BCUT2D eigenvalue weighted by Crippen LogP contribution is -2.55. The van der Waals surface area contributed by atoms with Gasteiger partial charge in [-0.2, -0.15) is 5.06 Å². The standard InChI is InChI=1S/C10H17NO3S2/c1-7-9(13)14-11(7)8(12)5-6-10(2,3)16-15-4/h7H,5-6H2,1-4H3/t7-/m0/s1. The number of hydroxylamine groups is 2. The molecule has 0 saturated carbocycles. The monoisotopic (exact) mass is 263 g/mol. The van der Waals surface area contributed by atoms with Gasteiger partial charge in [-0.1, -0.05) is 21.6 Å². The first-order valence-corrected chi connectivity index (χ1v) is 7.69. The molecule has 1 saturated heterocycles. The second kappa shape index (κ2) is 5.31. The van der Waals surface area contributed by atoms with E-state index in [1.165, 1.54) is 5.06 Å². The van der Waals surface area contributed by atoms with Gasteiger partial charge >= 0.3 is 5.97 Å². The van der Waals surface area contributed by atoms with E-state index in [-0.39, 0.29) is 16.6 Å². The van der Waals surface area contributed by atoms with Crippen molar-refractivity contribution < 1.29 is 14.4 Å². The third kappa shape index (κ3) is 3.31. The maximum atomic E-state index is 11.7. The van der Waals surface area contributed by atoms with Crippen molar-refractivity contribution in [2.45, 2.75) is 44.4 Å². The molecule has 0 aliphatic carbocycles. The second-order valence-corrected chi connectivity index (χ2v) is 7.42. The van der Waals surface area contributed by atoms with Crippen LogP contribution in [0.25, 0.3) is 0 Å². The first kappa shape index (κ1) is 13.7. The summed E-state index contributed by atoms with van der Waals surface area (Å²) < 4.78 is 0.0627. The Morgan fingerprint density at radius 3 is 2.62 bits per heavy atom. The minimum Gasteiger partial charge on any atom is -0.335 e. The van der Waals surface area contributed by atoms with E-state index in [1.54, 1.807) is 28.5 Å².